The van der Waals surface area contributed by atoms with Crippen LogP contribution in [0.2, 0.25) is 0 Å². The quantitative estimate of drug-likeness (QED) is 0.765. The third-order valence-corrected chi connectivity index (χ3v) is 2.79. The molecule has 0 unspecified atom stereocenters. The lowest BCUT2D eigenvalue weighted by Gasteiger charge is -2.10. The first-order valence-corrected chi connectivity index (χ1v) is 5.28. The molecule has 82 valence electrons. The topological polar surface area (TPSA) is 31.4 Å². The van der Waals surface area contributed by atoms with Gasteiger partial charge in [0.2, 0.25) is 0 Å². The summed E-state index contributed by atoms with van der Waals surface area (Å²) in [5.41, 5.74) is 4.07. The number of nitrogens with zero attached hydrogens (tertiary/aromatic N) is 3. The lowest BCUT2D eigenvalue weighted by molar-refractivity contribution is 0.394. The Kier molecular flexibility index (Phi) is 2.67. The van der Waals surface area contributed by atoms with E-state index in [1.807, 2.05) is 45.4 Å². The minimum Gasteiger partial charge on any atom is -0.318 e. The van der Waals surface area contributed by atoms with Crippen LogP contribution < -0.4 is 0 Å². The standard InChI is InChI=1S/C13H15N3/c1-10-11(8-14)12-6-4-5-7-16(12)13(10)9-15(2)3/h4-7H,9H2,1-3H3. The van der Waals surface area contributed by atoms with Gasteiger partial charge in [-0.2, -0.15) is 5.26 Å². The van der Waals surface area contributed by atoms with E-state index in [-0.39, 0.29) is 0 Å². The zero-order valence-corrected chi connectivity index (χ0v) is 9.86. The highest BCUT2D eigenvalue weighted by Gasteiger charge is 2.14. The third kappa shape index (κ3) is 1.58. The van der Waals surface area contributed by atoms with E-state index in [4.69, 9.17) is 0 Å². The molecule has 0 spiro atoms. The fraction of sp³-hybridized carbons (Fsp3) is 0.308. The molecule has 2 aromatic rings. The average molecular weight is 213 g/mol. The molecule has 0 saturated carbocycles. The number of nitriles is 1. The number of hydrogen-bond donors (Lipinski definition) is 0. The van der Waals surface area contributed by atoms with E-state index in [9.17, 15) is 5.26 Å². The van der Waals surface area contributed by atoms with Gasteiger partial charge in [-0.15, -0.1) is 0 Å². The van der Waals surface area contributed by atoms with Gasteiger partial charge in [0.25, 0.3) is 0 Å². The van der Waals surface area contributed by atoms with Crippen molar-refractivity contribution in [1.82, 2.24) is 9.30 Å². The molecule has 0 aromatic carbocycles. The molecule has 16 heavy (non-hydrogen) atoms. The van der Waals surface area contributed by atoms with E-state index in [1.54, 1.807) is 0 Å². The van der Waals surface area contributed by atoms with Gasteiger partial charge in [0.15, 0.2) is 0 Å². The van der Waals surface area contributed by atoms with Gasteiger partial charge in [0.1, 0.15) is 6.07 Å². The summed E-state index contributed by atoms with van der Waals surface area (Å²) in [5, 5.41) is 9.19. The summed E-state index contributed by atoms with van der Waals surface area (Å²) in [4.78, 5) is 2.11. The van der Waals surface area contributed by atoms with Gasteiger partial charge in [0.05, 0.1) is 11.1 Å². The second kappa shape index (κ2) is 3.99. The van der Waals surface area contributed by atoms with Crippen LogP contribution in [0.5, 0.6) is 0 Å². The molecule has 0 atom stereocenters. The summed E-state index contributed by atoms with van der Waals surface area (Å²) in [5.74, 6) is 0. The van der Waals surface area contributed by atoms with Crippen LogP contribution in [0.3, 0.4) is 0 Å². The first-order valence-electron chi connectivity index (χ1n) is 5.28. The highest BCUT2D eigenvalue weighted by Crippen LogP contribution is 2.22. The van der Waals surface area contributed by atoms with E-state index in [0.717, 1.165) is 23.2 Å². The van der Waals surface area contributed by atoms with Crippen LogP contribution in [0.1, 0.15) is 16.8 Å². The van der Waals surface area contributed by atoms with Crippen LogP contribution >= 0.6 is 0 Å². The summed E-state index contributed by atoms with van der Waals surface area (Å²) >= 11 is 0. The Morgan fingerprint density at radius 1 is 1.38 bits per heavy atom. The van der Waals surface area contributed by atoms with E-state index >= 15 is 0 Å². The van der Waals surface area contributed by atoms with Crippen molar-refractivity contribution < 1.29 is 0 Å². The Bertz CT molecular complexity index is 558. The molecule has 0 bridgehead atoms. The Morgan fingerprint density at radius 3 is 2.75 bits per heavy atom. The predicted octanol–water partition coefficient (Wildman–Crippen LogP) is 2.18. The molecule has 0 aliphatic heterocycles. The second-order valence-electron chi connectivity index (χ2n) is 4.25. The molecule has 0 N–H and O–H groups in total. The van der Waals surface area contributed by atoms with Crippen LogP contribution in [-0.2, 0) is 6.54 Å². The lowest BCUT2D eigenvalue weighted by Crippen LogP contribution is -2.13. The lowest BCUT2D eigenvalue weighted by atomic mass is 10.1. The number of hydrogen-bond acceptors (Lipinski definition) is 2. The van der Waals surface area contributed by atoms with Crippen molar-refractivity contribution >= 4 is 5.52 Å². The van der Waals surface area contributed by atoms with Gasteiger partial charge in [-0.1, -0.05) is 6.07 Å². The molecule has 0 aliphatic carbocycles. The number of rotatable bonds is 2. The highest BCUT2D eigenvalue weighted by molar-refractivity contribution is 5.67. The van der Waals surface area contributed by atoms with Crippen LogP contribution in [0, 0.1) is 18.3 Å². The normalized spacial score (nSPS) is 10.9. The minimum atomic E-state index is 0.789. The largest absolute Gasteiger partial charge is 0.318 e. The van der Waals surface area contributed by atoms with Gasteiger partial charge in [-0.25, -0.2) is 0 Å². The second-order valence-corrected chi connectivity index (χ2v) is 4.25. The molecule has 2 aromatic heterocycles. The van der Waals surface area contributed by atoms with Crippen molar-refractivity contribution in [3.63, 3.8) is 0 Å². The summed E-state index contributed by atoms with van der Waals surface area (Å²) < 4.78 is 2.11. The Morgan fingerprint density at radius 2 is 2.12 bits per heavy atom. The van der Waals surface area contributed by atoms with Crippen molar-refractivity contribution in [3.05, 3.63) is 41.2 Å². The van der Waals surface area contributed by atoms with Crippen molar-refractivity contribution in [2.75, 3.05) is 14.1 Å². The van der Waals surface area contributed by atoms with Gasteiger partial charge < -0.3 is 9.30 Å². The predicted molar refractivity (Wildman–Crippen MR) is 64.2 cm³/mol. The highest BCUT2D eigenvalue weighted by atomic mass is 15.1. The molecule has 0 fully saturated rings. The molecule has 2 rings (SSSR count). The first-order chi connectivity index (χ1) is 7.65. The first kappa shape index (κ1) is 10.7. The summed E-state index contributed by atoms with van der Waals surface area (Å²) in [6.07, 6.45) is 2.02. The smallest absolute Gasteiger partial charge is 0.102 e. The maximum absolute atomic E-state index is 9.19. The van der Waals surface area contributed by atoms with Crippen LogP contribution in [0.4, 0.5) is 0 Å². The van der Waals surface area contributed by atoms with Crippen LogP contribution in [0.15, 0.2) is 24.4 Å². The summed E-state index contributed by atoms with van der Waals surface area (Å²) in [6, 6.07) is 8.24. The van der Waals surface area contributed by atoms with Crippen molar-refractivity contribution in [3.8, 4) is 6.07 Å². The summed E-state index contributed by atoms with van der Waals surface area (Å²) in [7, 11) is 4.07. The Labute approximate surface area is 95.5 Å². The third-order valence-electron chi connectivity index (χ3n) is 2.79. The van der Waals surface area contributed by atoms with Gasteiger partial charge in [-0.3, -0.25) is 0 Å². The average Bonchev–Trinajstić information content (AvgIpc) is 2.52. The molecule has 3 nitrogen and oxygen atoms in total. The number of aromatic nitrogens is 1. The molecule has 2 heterocycles. The Balaban J connectivity index is 2.73. The van der Waals surface area contributed by atoms with E-state index in [2.05, 4.69) is 15.4 Å². The molecule has 0 aliphatic rings. The minimum absolute atomic E-state index is 0.789. The maximum Gasteiger partial charge on any atom is 0.102 e. The van der Waals surface area contributed by atoms with Crippen molar-refractivity contribution in [2.45, 2.75) is 13.5 Å². The molecule has 3 heteroatoms. The van der Waals surface area contributed by atoms with E-state index in [1.165, 1.54) is 5.69 Å². The zero-order chi connectivity index (χ0) is 11.7. The molecular formula is C13H15N3. The van der Waals surface area contributed by atoms with Gasteiger partial charge >= 0.3 is 0 Å². The molecule has 0 radical (unpaired) electrons. The summed E-state index contributed by atoms with van der Waals surface area (Å²) in [6.45, 7) is 2.86. The maximum atomic E-state index is 9.19. The molecule has 0 amide bonds. The monoisotopic (exact) mass is 213 g/mol. The zero-order valence-electron chi connectivity index (χ0n) is 9.86. The van der Waals surface area contributed by atoms with E-state index in [0.29, 0.717) is 0 Å². The van der Waals surface area contributed by atoms with E-state index < -0.39 is 0 Å². The van der Waals surface area contributed by atoms with Crippen LogP contribution in [-0.4, -0.2) is 23.4 Å². The van der Waals surface area contributed by atoms with Crippen molar-refractivity contribution in [2.24, 2.45) is 0 Å². The number of fused-ring (bicyclic) bond motifs is 1. The van der Waals surface area contributed by atoms with Crippen LogP contribution in [0.25, 0.3) is 5.52 Å². The van der Waals surface area contributed by atoms with Crippen molar-refractivity contribution in [1.29, 1.82) is 5.26 Å². The SMILES string of the molecule is Cc1c(C#N)c2ccccn2c1CN(C)C. The fourth-order valence-electron chi connectivity index (χ4n) is 2.03. The van der Waals surface area contributed by atoms with Gasteiger partial charge in [-0.05, 0) is 38.7 Å². The Hall–Kier alpha value is -1.79. The fourth-order valence-corrected chi connectivity index (χ4v) is 2.03. The van der Waals surface area contributed by atoms with Gasteiger partial charge in [0, 0.05) is 18.4 Å². The molecule has 0 saturated heterocycles. The molecular weight excluding hydrogens is 198 g/mol. The number of pyridine rings is 1.